The number of rotatable bonds is 1. The molecule has 0 spiro atoms. The first kappa shape index (κ1) is 9.92. The highest BCUT2D eigenvalue weighted by Crippen LogP contribution is 2.37. The van der Waals surface area contributed by atoms with Gasteiger partial charge >= 0.3 is 0 Å². The monoisotopic (exact) mass is 244 g/mol. The summed E-state index contributed by atoms with van der Waals surface area (Å²) in [5.41, 5.74) is 0. The molecule has 0 radical (unpaired) electrons. The molecule has 2 aromatic rings. The third kappa shape index (κ3) is 1.57. The Morgan fingerprint density at radius 2 is 1.88 bits per heavy atom. The van der Waals surface area contributed by atoms with Gasteiger partial charge in [-0.25, -0.2) is 0 Å². The Morgan fingerprint density at radius 1 is 1.12 bits per heavy atom. The first-order valence-electron chi connectivity index (χ1n) is 6.34. The van der Waals surface area contributed by atoms with E-state index in [0.29, 0.717) is 0 Å². The van der Waals surface area contributed by atoms with E-state index in [-0.39, 0.29) is 0 Å². The zero-order valence-corrected chi connectivity index (χ0v) is 10.5. The molecule has 3 heterocycles. The lowest BCUT2D eigenvalue weighted by Crippen LogP contribution is -2.24. The van der Waals surface area contributed by atoms with Crippen molar-refractivity contribution in [3.05, 3.63) is 30.3 Å². The molecule has 2 unspecified atom stereocenters. The lowest BCUT2D eigenvalue weighted by molar-refractivity contribution is 0.533. The average Bonchev–Trinajstić information content (AvgIpc) is 3.01. The topological polar surface area (TPSA) is 15.3 Å². The molecule has 2 fully saturated rings. The van der Waals surface area contributed by atoms with E-state index in [0.717, 1.165) is 11.8 Å². The zero-order valence-electron chi connectivity index (χ0n) is 9.73. The molecule has 0 bridgehead atoms. The molecule has 88 valence electrons. The number of thiophene rings is 1. The molecule has 2 nitrogen and oxygen atoms in total. The van der Waals surface area contributed by atoms with Crippen LogP contribution in [0, 0.1) is 11.8 Å². The van der Waals surface area contributed by atoms with E-state index in [9.17, 15) is 0 Å². The van der Waals surface area contributed by atoms with Crippen molar-refractivity contribution in [2.45, 2.75) is 0 Å². The highest BCUT2D eigenvalue weighted by Gasteiger charge is 2.36. The SMILES string of the molecule is c1ccc2sc(N3CC4CNCC4C3)cc2c1. The summed E-state index contributed by atoms with van der Waals surface area (Å²) in [5, 5.41) is 6.35. The summed E-state index contributed by atoms with van der Waals surface area (Å²) in [4.78, 5) is 2.58. The van der Waals surface area contributed by atoms with Gasteiger partial charge < -0.3 is 10.2 Å². The first-order valence-corrected chi connectivity index (χ1v) is 7.16. The minimum atomic E-state index is 0.875. The van der Waals surface area contributed by atoms with E-state index in [2.05, 4.69) is 40.5 Å². The predicted molar refractivity (Wildman–Crippen MR) is 73.9 cm³/mol. The molecular weight excluding hydrogens is 228 g/mol. The highest BCUT2D eigenvalue weighted by atomic mass is 32.1. The van der Waals surface area contributed by atoms with Crippen molar-refractivity contribution >= 4 is 26.4 Å². The summed E-state index contributed by atoms with van der Waals surface area (Å²) in [6, 6.07) is 11.1. The molecule has 2 saturated heterocycles. The highest BCUT2D eigenvalue weighted by molar-refractivity contribution is 7.22. The molecule has 1 aromatic carbocycles. The lowest BCUT2D eigenvalue weighted by Gasteiger charge is -2.16. The van der Waals surface area contributed by atoms with Gasteiger partial charge in [0, 0.05) is 30.9 Å². The Bertz CT molecular complexity index is 503. The van der Waals surface area contributed by atoms with Crippen molar-refractivity contribution < 1.29 is 0 Å². The van der Waals surface area contributed by atoms with Crippen molar-refractivity contribution in [1.82, 2.24) is 5.32 Å². The first-order chi connectivity index (χ1) is 8.40. The smallest absolute Gasteiger partial charge is 0.0921 e. The van der Waals surface area contributed by atoms with Crippen LogP contribution in [-0.2, 0) is 0 Å². The van der Waals surface area contributed by atoms with Gasteiger partial charge in [-0.05, 0) is 29.4 Å². The zero-order chi connectivity index (χ0) is 11.2. The quantitative estimate of drug-likeness (QED) is 0.829. The maximum Gasteiger partial charge on any atom is 0.0921 e. The van der Waals surface area contributed by atoms with E-state index in [1.54, 1.807) is 0 Å². The Hall–Kier alpha value is -1.06. The van der Waals surface area contributed by atoms with Crippen LogP contribution in [0.2, 0.25) is 0 Å². The second kappa shape index (κ2) is 3.72. The summed E-state index contributed by atoms with van der Waals surface area (Å²) in [5.74, 6) is 1.75. The number of fused-ring (bicyclic) bond motifs is 2. The van der Waals surface area contributed by atoms with Crippen LogP contribution in [0.15, 0.2) is 30.3 Å². The van der Waals surface area contributed by atoms with Crippen LogP contribution in [0.25, 0.3) is 10.1 Å². The van der Waals surface area contributed by atoms with Gasteiger partial charge in [0.15, 0.2) is 0 Å². The molecule has 1 N–H and O–H groups in total. The third-order valence-electron chi connectivity index (χ3n) is 4.11. The van der Waals surface area contributed by atoms with Crippen LogP contribution >= 0.6 is 11.3 Å². The number of benzene rings is 1. The van der Waals surface area contributed by atoms with Crippen LogP contribution in [0.4, 0.5) is 5.00 Å². The van der Waals surface area contributed by atoms with Crippen molar-refractivity contribution in [2.75, 3.05) is 31.1 Å². The summed E-state index contributed by atoms with van der Waals surface area (Å²) < 4.78 is 1.41. The van der Waals surface area contributed by atoms with Gasteiger partial charge in [0.1, 0.15) is 0 Å². The summed E-state index contributed by atoms with van der Waals surface area (Å²) in [7, 11) is 0. The van der Waals surface area contributed by atoms with Crippen LogP contribution < -0.4 is 10.2 Å². The van der Waals surface area contributed by atoms with Gasteiger partial charge in [-0.2, -0.15) is 0 Å². The third-order valence-corrected chi connectivity index (χ3v) is 5.29. The number of nitrogens with one attached hydrogen (secondary N) is 1. The summed E-state index contributed by atoms with van der Waals surface area (Å²) in [6.07, 6.45) is 0. The molecule has 0 saturated carbocycles. The van der Waals surface area contributed by atoms with Crippen LogP contribution in [0.5, 0.6) is 0 Å². The van der Waals surface area contributed by atoms with Gasteiger partial charge in [-0.3, -0.25) is 0 Å². The van der Waals surface area contributed by atoms with Crippen LogP contribution in [0.1, 0.15) is 0 Å². The largest absolute Gasteiger partial charge is 0.363 e. The molecule has 2 atom stereocenters. The van der Waals surface area contributed by atoms with Crippen molar-refractivity contribution in [2.24, 2.45) is 11.8 Å². The standard InChI is InChI=1S/C14H16N2S/c1-2-4-13-10(3-1)5-14(17-13)16-8-11-6-15-7-12(11)9-16/h1-5,11-12,15H,6-9H2. The summed E-state index contributed by atoms with van der Waals surface area (Å²) >= 11 is 1.94. The van der Waals surface area contributed by atoms with Gasteiger partial charge in [0.05, 0.1) is 5.00 Å². The van der Waals surface area contributed by atoms with Crippen molar-refractivity contribution in [1.29, 1.82) is 0 Å². The fourth-order valence-electron chi connectivity index (χ4n) is 3.16. The molecule has 2 aliphatic heterocycles. The minimum absolute atomic E-state index is 0.875. The lowest BCUT2D eigenvalue weighted by atomic mass is 10.0. The van der Waals surface area contributed by atoms with Crippen molar-refractivity contribution in [3.63, 3.8) is 0 Å². The number of nitrogens with zero attached hydrogens (tertiary/aromatic N) is 1. The van der Waals surface area contributed by atoms with Gasteiger partial charge in [-0.15, -0.1) is 11.3 Å². The molecule has 0 aliphatic carbocycles. The van der Waals surface area contributed by atoms with E-state index in [1.807, 2.05) is 11.3 Å². The maximum atomic E-state index is 3.50. The number of hydrogen-bond donors (Lipinski definition) is 1. The normalized spacial score (nSPS) is 27.9. The van der Waals surface area contributed by atoms with Crippen LogP contribution in [0.3, 0.4) is 0 Å². The second-order valence-electron chi connectivity index (χ2n) is 5.21. The Morgan fingerprint density at radius 3 is 2.65 bits per heavy atom. The van der Waals surface area contributed by atoms with Gasteiger partial charge in [-0.1, -0.05) is 18.2 Å². The predicted octanol–water partition coefficient (Wildman–Crippen LogP) is 2.56. The van der Waals surface area contributed by atoms with E-state index in [1.165, 1.54) is 41.3 Å². The Labute approximate surface area is 105 Å². The Kier molecular flexibility index (Phi) is 2.17. The minimum Gasteiger partial charge on any atom is -0.363 e. The van der Waals surface area contributed by atoms with Crippen LogP contribution in [-0.4, -0.2) is 26.2 Å². The van der Waals surface area contributed by atoms with E-state index >= 15 is 0 Å². The summed E-state index contributed by atoms with van der Waals surface area (Å²) in [6.45, 7) is 4.91. The van der Waals surface area contributed by atoms with Gasteiger partial charge in [0.25, 0.3) is 0 Å². The molecule has 17 heavy (non-hydrogen) atoms. The molecule has 0 amide bonds. The number of hydrogen-bond acceptors (Lipinski definition) is 3. The molecule has 4 rings (SSSR count). The fourth-order valence-corrected chi connectivity index (χ4v) is 4.24. The molecule has 3 heteroatoms. The average molecular weight is 244 g/mol. The molecule has 1 aromatic heterocycles. The Balaban J connectivity index is 1.66. The van der Waals surface area contributed by atoms with Crippen molar-refractivity contribution in [3.8, 4) is 0 Å². The van der Waals surface area contributed by atoms with E-state index in [4.69, 9.17) is 0 Å². The number of anilines is 1. The van der Waals surface area contributed by atoms with E-state index < -0.39 is 0 Å². The second-order valence-corrected chi connectivity index (χ2v) is 6.27. The molecule has 2 aliphatic rings. The molecular formula is C14H16N2S. The maximum absolute atomic E-state index is 3.50. The van der Waals surface area contributed by atoms with Gasteiger partial charge in [0.2, 0.25) is 0 Å². The fraction of sp³-hybridized carbons (Fsp3) is 0.429.